The van der Waals surface area contributed by atoms with Gasteiger partial charge in [0, 0.05) is 11.4 Å². The maximum atomic E-state index is 11.5. The molecular formula is C9H10N4O2S. The van der Waals surface area contributed by atoms with Crippen LogP contribution in [0.4, 0.5) is 5.82 Å². The van der Waals surface area contributed by atoms with E-state index in [1.54, 1.807) is 11.3 Å². The number of nitrogens with two attached hydrogens (primary N) is 1. The summed E-state index contributed by atoms with van der Waals surface area (Å²) in [6.45, 7) is 0.533. The van der Waals surface area contributed by atoms with Crippen LogP contribution in [-0.4, -0.2) is 22.8 Å². The molecule has 0 aromatic carbocycles. The van der Waals surface area contributed by atoms with Crippen LogP contribution in [0, 0.1) is 0 Å². The lowest BCUT2D eigenvalue weighted by atomic mass is 10.3. The number of aromatic nitrogens is 2. The van der Waals surface area contributed by atoms with Crippen LogP contribution in [0.1, 0.15) is 15.4 Å². The van der Waals surface area contributed by atoms with E-state index in [0.717, 1.165) is 6.42 Å². The molecule has 16 heavy (non-hydrogen) atoms. The van der Waals surface area contributed by atoms with Gasteiger partial charge in [-0.2, -0.15) is 0 Å². The third-order valence-corrected chi connectivity index (χ3v) is 2.90. The van der Waals surface area contributed by atoms with E-state index in [9.17, 15) is 4.79 Å². The molecule has 2 aromatic rings. The van der Waals surface area contributed by atoms with Crippen molar-refractivity contribution in [2.45, 2.75) is 6.42 Å². The van der Waals surface area contributed by atoms with Crippen LogP contribution < -0.4 is 11.1 Å². The monoisotopic (exact) mass is 238 g/mol. The molecule has 1 amide bonds. The Balaban J connectivity index is 1.83. The lowest BCUT2D eigenvalue weighted by Gasteiger charge is -2.00. The quantitative estimate of drug-likeness (QED) is 0.817. The maximum Gasteiger partial charge on any atom is 0.277 e. The van der Waals surface area contributed by atoms with E-state index < -0.39 is 0 Å². The van der Waals surface area contributed by atoms with Gasteiger partial charge in [-0.15, -0.1) is 11.3 Å². The van der Waals surface area contributed by atoms with Crippen molar-refractivity contribution < 1.29 is 9.42 Å². The fourth-order valence-corrected chi connectivity index (χ4v) is 1.90. The van der Waals surface area contributed by atoms with Gasteiger partial charge in [0.25, 0.3) is 5.91 Å². The third kappa shape index (κ3) is 2.37. The van der Waals surface area contributed by atoms with Crippen LogP contribution in [0.3, 0.4) is 0 Å². The van der Waals surface area contributed by atoms with Gasteiger partial charge in [-0.05, 0) is 28.2 Å². The Kier molecular flexibility index (Phi) is 3.16. The summed E-state index contributed by atoms with van der Waals surface area (Å²) < 4.78 is 4.33. The molecule has 2 heterocycles. The molecule has 0 spiro atoms. The van der Waals surface area contributed by atoms with Crippen molar-refractivity contribution in [3.8, 4) is 0 Å². The highest BCUT2D eigenvalue weighted by atomic mass is 32.1. The van der Waals surface area contributed by atoms with Crippen LogP contribution in [-0.2, 0) is 6.42 Å². The van der Waals surface area contributed by atoms with Crippen LogP contribution in [0.5, 0.6) is 0 Å². The number of carbonyl (C=O) groups is 1. The highest BCUT2D eigenvalue weighted by Gasteiger charge is 2.14. The molecule has 0 saturated heterocycles. The fraction of sp³-hybridized carbons (Fsp3) is 0.222. The Morgan fingerprint density at radius 1 is 1.56 bits per heavy atom. The SMILES string of the molecule is Nc1nonc1C(=O)NCCc1cccs1. The second kappa shape index (κ2) is 4.75. The van der Waals surface area contributed by atoms with E-state index in [1.165, 1.54) is 4.88 Å². The summed E-state index contributed by atoms with van der Waals surface area (Å²) in [5.41, 5.74) is 5.42. The third-order valence-electron chi connectivity index (χ3n) is 1.97. The number of nitrogens with one attached hydrogen (secondary N) is 1. The van der Waals surface area contributed by atoms with Crippen molar-refractivity contribution in [3.05, 3.63) is 28.1 Å². The Morgan fingerprint density at radius 2 is 2.44 bits per heavy atom. The van der Waals surface area contributed by atoms with E-state index in [1.807, 2.05) is 17.5 Å². The van der Waals surface area contributed by atoms with Gasteiger partial charge in [0.1, 0.15) is 0 Å². The number of rotatable bonds is 4. The summed E-state index contributed by atoms with van der Waals surface area (Å²) >= 11 is 1.65. The van der Waals surface area contributed by atoms with Crippen molar-refractivity contribution in [1.29, 1.82) is 0 Å². The smallest absolute Gasteiger partial charge is 0.277 e. The highest BCUT2D eigenvalue weighted by molar-refractivity contribution is 7.09. The second-order valence-corrected chi connectivity index (χ2v) is 4.12. The summed E-state index contributed by atoms with van der Waals surface area (Å²) in [6.07, 6.45) is 0.786. The number of nitrogen functional groups attached to an aromatic ring is 1. The molecule has 0 fully saturated rings. The van der Waals surface area contributed by atoms with Gasteiger partial charge in [-0.1, -0.05) is 6.07 Å². The Hall–Kier alpha value is -1.89. The van der Waals surface area contributed by atoms with Crippen molar-refractivity contribution in [1.82, 2.24) is 15.6 Å². The van der Waals surface area contributed by atoms with Crippen LogP contribution in [0.25, 0.3) is 0 Å². The second-order valence-electron chi connectivity index (χ2n) is 3.08. The average Bonchev–Trinajstić information content (AvgIpc) is 2.88. The van der Waals surface area contributed by atoms with Gasteiger partial charge in [0.15, 0.2) is 0 Å². The number of amides is 1. The molecule has 0 aliphatic carbocycles. The molecule has 0 unspecified atom stereocenters. The van der Waals surface area contributed by atoms with Gasteiger partial charge in [0.05, 0.1) is 0 Å². The standard InChI is InChI=1S/C9H10N4O2S/c10-8-7(12-15-13-8)9(14)11-4-3-6-2-1-5-16-6/h1-2,5H,3-4H2,(H2,10,13)(H,11,14). The molecule has 7 heteroatoms. The van der Waals surface area contributed by atoms with Gasteiger partial charge in [-0.25, -0.2) is 4.63 Å². The number of anilines is 1. The minimum absolute atomic E-state index is 0.00798. The molecule has 0 radical (unpaired) electrons. The molecule has 0 aliphatic heterocycles. The summed E-state index contributed by atoms with van der Waals surface area (Å²) in [7, 11) is 0. The number of carbonyl (C=O) groups excluding carboxylic acids is 1. The van der Waals surface area contributed by atoms with Crippen LogP contribution in [0.15, 0.2) is 22.1 Å². The van der Waals surface area contributed by atoms with E-state index in [2.05, 4.69) is 20.3 Å². The minimum Gasteiger partial charge on any atom is -0.379 e. The first-order valence-corrected chi connectivity index (χ1v) is 5.54. The van der Waals surface area contributed by atoms with Gasteiger partial charge in [0.2, 0.25) is 11.5 Å². The average molecular weight is 238 g/mol. The molecule has 0 bridgehead atoms. The lowest BCUT2D eigenvalue weighted by molar-refractivity contribution is 0.0945. The number of hydrogen-bond acceptors (Lipinski definition) is 6. The molecule has 2 rings (SSSR count). The Bertz CT molecular complexity index is 466. The summed E-state index contributed by atoms with van der Waals surface area (Å²) in [5.74, 6) is -0.357. The zero-order valence-corrected chi connectivity index (χ0v) is 9.16. The van der Waals surface area contributed by atoms with Crippen LogP contribution >= 0.6 is 11.3 Å². The summed E-state index contributed by atoms with van der Waals surface area (Å²) in [5, 5.41) is 11.4. The maximum absolute atomic E-state index is 11.5. The van der Waals surface area contributed by atoms with Gasteiger partial charge in [-0.3, -0.25) is 4.79 Å². The molecule has 0 aliphatic rings. The zero-order valence-electron chi connectivity index (χ0n) is 8.34. The highest BCUT2D eigenvalue weighted by Crippen LogP contribution is 2.08. The largest absolute Gasteiger partial charge is 0.379 e. The fourth-order valence-electron chi connectivity index (χ4n) is 1.19. The molecule has 3 N–H and O–H groups in total. The van der Waals surface area contributed by atoms with E-state index in [4.69, 9.17) is 5.73 Å². The van der Waals surface area contributed by atoms with E-state index in [-0.39, 0.29) is 17.4 Å². The summed E-state index contributed by atoms with van der Waals surface area (Å²) in [6, 6.07) is 3.99. The minimum atomic E-state index is -0.365. The van der Waals surface area contributed by atoms with Crippen molar-refractivity contribution >= 4 is 23.1 Å². The van der Waals surface area contributed by atoms with Crippen molar-refractivity contribution in [2.24, 2.45) is 0 Å². The molecule has 0 atom stereocenters. The Morgan fingerprint density at radius 3 is 3.06 bits per heavy atom. The molecule has 2 aromatic heterocycles. The molecule has 84 valence electrons. The lowest BCUT2D eigenvalue weighted by Crippen LogP contribution is -2.26. The first kappa shape index (κ1) is 10.6. The Labute approximate surface area is 95.4 Å². The van der Waals surface area contributed by atoms with E-state index in [0.29, 0.717) is 6.54 Å². The van der Waals surface area contributed by atoms with Crippen molar-refractivity contribution in [3.63, 3.8) is 0 Å². The first-order valence-electron chi connectivity index (χ1n) is 4.66. The molecular weight excluding hydrogens is 228 g/mol. The van der Waals surface area contributed by atoms with E-state index >= 15 is 0 Å². The number of nitrogens with zero attached hydrogens (tertiary/aromatic N) is 2. The predicted molar refractivity (Wildman–Crippen MR) is 59.1 cm³/mol. The summed E-state index contributed by atoms with van der Waals surface area (Å²) in [4.78, 5) is 12.7. The molecule has 6 nitrogen and oxygen atoms in total. The zero-order chi connectivity index (χ0) is 11.4. The normalized spacial score (nSPS) is 10.2. The van der Waals surface area contributed by atoms with Gasteiger partial charge >= 0.3 is 0 Å². The predicted octanol–water partition coefficient (Wildman–Crippen LogP) is 0.686. The van der Waals surface area contributed by atoms with Crippen molar-refractivity contribution in [2.75, 3.05) is 12.3 Å². The number of thiophene rings is 1. The molecule has 0 saturated carbocycles. The van der Waals surface area contributed by atoms with Gasteiger partial charge < -0.3 is 11.1 Å². The first-order chi connectivity index (χ1) is 7.77. The number of hydrogen-bond donors (Lipinski definition) is 2. The topological polar surface area (TPSA) is 94.0 Å². The van der Waals surface area contributed by atoms with Crippen LogP contribution in [0.2, 0.25) is 0 Å².